The molecule has 1 aromatic carbocycles. The van der Waals surface area contributed by atoms with Crippen LogP contribution in [0, 0.1) is 5.92 Å². The molecule has 0 saturated heterocycles. The highest BCUT2D eigenvalue weighted by Crippen LogP contribution is 2.44. The van der Waals surface area contributed by atoms with E-state index in [1.807, 2.05) is 13.8 Å². The van der Waals surface area contributed by atoms with E-state index in [0.29, 0.717) is 25.4 Å². The molecule has 5 nitrogen and oxygen atoms in total. The summed E-state index contributed by atoms with van der Waals surface area (Å²) in [5.74, 6) is 0.547. The number of hydrogen-bond donors (Lipinski definition) is 1. The molecule has 2 aromatic rings. The van der Waals surface area contributed by atoms with E-state index in [2.05, 4.69) is 10.3 Å². The van der Waals surface area contributed by atoms with Gasteiger partial charge in [-0.3, -0.25) is 0 Å². The van der Waals surface area contributed by atoms with Gasteiger partial charge in [0.05, 0.1) is 23.8 Å². The van der Waals surface area contributed by atoms with Crippen LogP contribution in [0.4, 0.5) is 13.2 Å². The average Bonchev–Trinajstić information content (AvgIpc) is 2.85. The maximum absolute atomic E-state index is 13.6. The third-order valence-electron chi connectivity index (χ3n) is 4.51. The van der Waals surface area contributed by atoms with Crippen LogP contribution in [-0.4, -0.2) is 32.3 Å². The van der Waals surface area contributed by atoms with Crippen LogP contribution in [0.25, 0.3) is 11.0 Å². The minimum absolute atomic E-state index is 0.0517. The van der Waals surface area contributed by atoms with Crippen molar-refractivity contribution < 1.29 is 23.0 Å². The SMILES string of the molecule is CC(C)CCOc1cc(C(F)(F)F)c2c(c1)nnn2C1CC(C)(O)C1. The predicted molar refractivity (Wildman–Crippen MR) is 86.4 cm³/mol. The summed E-state index contributed by atoms with van der Waals surface area (Å²) in [6.45, 7) is 6.05. The number of aliphatic hydroxyl groups is 1. The molecular formula is C17H22F3N3O2. The van der Waals surface area contributed by atoms with Crippen molar-refractivity contribution in [2.24, 2.45) is 5.92 Å². The highest BCUT2D eigenvalue weighted by Gasteiger charge is 2.43. The standard InChI is InChI=1S/C17H22F3N3O2/c1-10(2)4-5-25-12-6-13(17(18,19)20)15-14(7-12)21-22-23(15)11-8-16(3,24)9-11/h6-7,10-11,24H,4-5,8-9H2,1-3H3. The van der Waals surface area contributed by atoms with Gasteiger partial charge >= 0.3 is 6.18 Å². The minimum Gasteiger partial charge on any atom is -0.493 e. The van der Waals surface area contributed by atoms with E-state index < -0.39 is 17.3 Å². The van der Waals surface area contributed by atoms with Crippen LogP contribution in [0.3, 0.4) is 0 Å². The molecule has 0 radical (unpaired) electrons. The molecule has 1 aromatic heterocycles. The fraction of sp³-hybridized carbons (Fsp3) is 0.647. The van der Waals surface area contributed by atoms with Crippen molar-refractivity contribution in [2.45, 2.75) is 57.9 Å². The Kier molecular flexibility index (Phi) is 4.43. The van der Waals surface area contributed by atoms with E-state index >= 15 is 0 Å². The van der Waals surface area contributed by atoms with Crippen LogP contribution in [0.15, 0.2) is 12.1 Å². The molecule has 0 spiro atoms. The van der Waals surface area contributed by atoms with E-state index in [1.54, 1.807) is 6.92 Å². The van der Waals surface area contributed by atoms with Crippen molar-refractivity contribution in [2.75, 3.05) is 6.61 Å². The van der Waals surface area contributed by atoms with Gasteiger partial charge in [-0.05, 0) is 38.2 Å². The van der Waals surface area contributed by atoms with Gasteiger partial charge in [-0.25, -0.2) is 4.68 Å². The first-order chi connectivity index (χ1) is 11.6. The minimum atomic E-state index is -4.54. The van der Waals surface area contributed by atoms with E-state index in [9.17, 15) is 18.3 Å². The summed E-state index contributed by atoms with van der Waals surface area (Å²) in [6.07, 6.45) is -3.07. The molecule has 25 heavy (non-hydrogen) atoms. The highest BCUT2D eigenvalue weighted by atomic mass is 19.4. The Balaban J connectivity index is 1.97. The zero-order valence-corrected chi connectivity index (χ0v) is 14.5. The number of nitrogens with zero attached hydrogens (tertiary/aromatic N) is 3. The lowest BCUT2D eigenvalue weighted by molar-refractivity contribution is -0.136. The Morgan fingerprint density at radius 1 is 1.36 bits per heavy atom. The number of benzene rings is 1. The van der Waals surface area contributed by atoms with Crippen molar-refractivity contribution in [3.8, 4) is 5.75 Å². The molecule has 0 bridgehead atoms. The molecule has 1 saturated carbocycles. The van der Waals surface area contributed by atoms with Crippen LogP contribution in [0.5, 0.6) is 5.75 Å². The van der Waals surface area contributed by atoms with E-state index in [0.717, 1.165) is 12.5 Å². The Morgan fingerprint density at radius 3 is 2.60 bits per heavy atom. The quantitative estimate of drug-likeness (QED) is 0.880. The molecule has 3 rings (SSSR count). The number of fused-ring (bicyclic) bond motifs is 1. The van der Waals surface area contributed by atoms with Gasteiger partial charge in [-0.2, -0.15) is 13.2 Å². The molecule has 0 aliphatic heterocycles. The predicted octanol–water partition coefficient (Wildman–Crippen LogP) is 3.96. The first-order valence-electron chi connectivity index (χ1n) is 8.38. The molecule has 138 valence electrons. The number of alkyl halides is 3. The summed E-state index contributed by atoms with van der Waals surface area (Å²) in [7, 11) is 0. The molecule has 0 amide bonds. The van der Waals surface area contributed by atoms with Crippen molar-refractivity contribution in [3.05, 3.63) is 17.7 Å². The average molecular weight is 357 g/mol. The van der Waals surface area contributed by atoms with Crippen LogP contribution in [-0.2, 0) is 6.18 Å². The molecule has 0 unspecified atom stereocenters. The summed E-state index contributed by atoms with van der Waals surface area (Å²) < 4.78 is 47.5. The molecular weight excluding hydrogens is 335 g/mol. The molecule has 1 aliphatic carbocycles. The smallest absolute Gasteiger partial charge is 0.418 e. The van der Waals surface area contributed by atoms with Gasteiger partial charge in [0.1, 0.15) is 16.8 Å². The van der Waals surface area contributed by atoms with Crippen molar-refractivity contribution >= 4 is 11.0 Å². The maximum Gasteiger partial charge on any atom is 0.418 e. The largest absolute Gasteiger partial charge is 0.493 e. The second-order valence-corrected chi connectivity index (χ2v) is 7.46. The first kappa shape index (κ1) is 18.0. The molecule has 0 atom stereocenters. The number of halogens is 3. The van der Waals surface area contributed by atoms with Crippen LogP contribution < -0.4 is 4.74 Å². The number of hydrogen-bond acceptors (Lipinski definition) is 4. The second-order valence-electron chi connectivity index (χ2n) is 7.46. The van der Waals surface area contributed by atoms with Crippen molar-refractivity contribution in [3.63, 3.8) is 0 Å². The van der Waals surface area contributed by atoms with E-state index in [4.69, 9.17) is 4.74 Å². The molecule has 1 aliphatic rings. The van der Waals surface area contributed by atoms with E-state index in [1.165, 1.54) is 10.7 Å². The normalized spacial score (nSPS) is 23.9. The topological polar surface area (TPSA) is 60.2 Å². The first-order valence-corrected chi connectivity index (χ1v) is 8.38. The zero-order chi connectivity index (χ0) is 18.4. The number of rotatable bonds is 5. The molecule has 1 heterocycles. The number of ether oxygens (including phenoxy) is 1. The Morgan fingerprint density at radius 2 is 2.04 bits per heavy atom. The summed E-state index contributed by atoms with van der Waals surface area (Å²) in [5, 5.41) is 17.7. The Bertz CT molecular complexity index is 760. The van der Waals surface area contributed by atoms with Crippen molar-refractivity contribution in [1.82, 2.24) is 15.0 Å². The highest BCUT2D eigenvalue weighted by molar-refractivity contribution is 5.81. The van der Waals surface area contributed by atoms with E-state index in [-0.39, 0.29) is 22.8 Å². The second kappa shape index (κ2) is 6.16. The summed E-state index contributed by atoms with van der Waals surface area (Å²) >= 11 is 0. The van der Waals surface area contributed by atoms with Gasteiger partial charge in [-0.15, -0.1) is 5.10 Å². The Labute approximate surface area is 143 Å². The fourth-order valence-electron chi connectivity index (χ4n) is 3.15. The summed E-state index contributed by atoms with van der Waals surface area (Å²) in [4.78, 5) is 0. The molecule has 8 heteroatoms. The maximum atomic E-state index is 13.6. The molecule has 1 N–H and O–H groups in total. The van der Waals surface area contributed by atoms with Gasteiger partial charge in [0.2, 0.25) is 0 Å². The van der Waals surface area contributed by atoms with Gasteiger partial charge in [0, 0.05) is 6.07 Å². The summed E-state index contributed by atoms with van der Waals surface area (Å²) in [6, 6.07) is 2.22. The lowest BCUT2D eigenvalue weighted by Gasteiger charge is -2.40. The van der Waals surface area contributed by atoms with Gasteiger partial charge in [0.15, 0.2) is 0 Å². The zero-order valence-electron chi connectivity index (χ0n) is 14.5. The lowest BCUT2D eigenvalue weighted by atomic mass is 9.77. The third-order valence-corrected chi connectivity index (χ3v) is 4.51. The molecule has 1 fully saturated rings. The lowest BCUT2D eigenvalue weighted by Crippen LogP contribution is -2.42. The van der Waals surface area contributed by atoms with Gasteiger partial charge in [0.25, 0.3) is 0 Å². The number of aromatic nitrogens is 3. The monoisotopic (exact) mass is 357 g/mol. The van der Waals surface area contributed by atoms with Gasteiger partial charge < -0.3 is 9.84 Å². The van der Waals surface area contributed by atoms with Crippen LogP contribution in [0.2, 0.25) is 0 Å². The third kappa shape index (κ3) is 3.73. The van der Waals surface area contributed by atoms with Crippen LogP contribution >= 0.6 is 0 Å². The van der Waals surface area contributed by atoms with Crippen LogP contribution in [0.1, 0.15) is 51.6 Å². The fourth-order valence-corrected chi connectivity index (χ4v) is 3.15. The van der Waals surface area contributed by atoms with Crippen molar-refractivity contribution in [1.29, 1.82) is 0 Å². The Hall–Kier alpha value is -1.83. The van der Waals surface area contributed by atoms with Gasteiger partial charge in [-0.1, -0.05) is 19.1 Å². The summed E-state index contributed by atoms with van der Waals surface area (Å²) in [5.41, 5.74) is -1.56.